The Bertz CT molecular complexity index is 1570. The summed E-state index contributed by atoms with van der Waals surface area (Å²) < 4.78 is 28.1. The molecule has 0 saturated heterocycles. The van der Waals surface area contributed by atoms with E-state index in [4.69, 9.17) is 28.3 Å². The molecule has 0 saturated carbocycles. The van der Waals surface area contributed by atoms with Crippen LogP contribution in [0.4, 0.5) is 23.1 Å². The minimum Gasteiger partial charge on any atom is -0.480 e. The third kappa shape index (κ3) is 7.36. The fraction of sp³-hybridized carbons (Fsp3) is 0.308. The Hall–Kier alpha value is -3.65. The number of aliphatic carboxylic acids is 2. The largest absolute Gasteiger partial charge is 0.480 e. The van der Waals surface area contributed by atoms with Gasteiger partial charge in [0.1, 0.15) is 12.4 Å². The summed E-state index contributed by atoms with van der Waals surface area (Å²) in [5.74, 6) is -1.18. The number of quaternary nitrogens is 1. The lowest BCUT2D eigenvalue weighted by Crippen LogP contribution is -2.46. The zero-order valence-corrected chi connectivity index (χ0v) is 24.6. The first kappa shape index (κ1) is 30.3. The van der Waals surface area contributed by atoms with Gasteiger partial charge in [0.05, 0.1) is 37.8 Å². The Balaban J connectivity index is 1.56. The molecule has 0 radical (unpaired) electrons. The molecule has 0 bridgehead atoms. The van der Waals surface area contributed by atoms with Crippen molar-refractivity contribution in [1.29, 1.82) is 0 Å². The van der Waals surface area contributed by atoms with Crippen LogP contribution < -0.4 is 14.5 Å². The number of anilines is 4. The van der Waals surface area contributed by atoms with E-state index in [1.165, 1.54) is 24.3 Å². The highest BCUT2D eigenvalue weighted by Gasteiger charge is 2.30. The maximum absolute atomic E-state index is 13.5. The number of benzene rings is 2. The molecule has 4 rings (SSSR count). The summed E-state index contributed by atoms with van der Waals surface area (Å²) in [6.07, 6.45) is 2.17. The number of nitrogens with one attached hydrogen (secondary N) is 1. The summed E-state index contributed by atoms with van der Waals surface area (Å²) >= 11 is 12.0. The van der Waals surface area contributed by atoms with Crippen molar-refractivity contribution in [3.63, 3.8) is 0 Å². The van der Waals surface area contributed by atoms with Crippen molar-refractivity contribution in [1.82, 2.24) is 9.97 Å². The van der Waals surface area contributed by atoms with E-state index >= 15 is 0 Å². The molecule has 218 valence electrons. The van der Waals surface area contributed by atoms with Crippen molar-refractivity contribution < 1.29 is 32.7 Å². The van der Waals surface area contributed by atoms with E-state index in [9.17, 15) is 23.1 Å². The standard InChI is InChI=1S/C26H28Cl2N6O6S/c1-34(2,16-25(37)38)10-8-29-23-5-7-30-26(31-23)32-9-6-17-11-20(3-4-22(17)32)33(15-24(35)36)41(39,40)21-13-18(27)12-19(28)14-21/h3-5,7,11-14H,6,8-10,15-16H2,1-2H3,(H2-,29,30,31,35,36,37,38)/p+1. The number of carbonyl (C=O) groups is 2. The van der Waals surface area contributed by atoms with Gasteiger partial charge in [-0.1, -0.05) is 23.2 Å². The van der Waals surface area contributed by atoms with Crippen LogP contribution in [0.3, 0.4) is 0 Å². The van der Waals surface area contributed by atoms with Crippen molar-refractivity contribution in [2.75, 3.05) is 61.3 Å². The van der Waals surface area contributed by atoms with Gasteiger partial charge in [-0.2, -0.15) is 4.98 Å². The third-order valence-electron chi connectivity index (χ3n) is 6.42. The molecule has 3 N–H and O–H groups in total. The quantitative estimate of drug-likeness (QED) is 0.256. The van der Waals surface area contributed by atoms with Crippen LogP contribution in [0.2, 0.25) is 10.0 Å². The lowest BCUT2D eigenvalue weighted by Gasteiger charge is -2.27. The molecule has 0 amide bonds. The number of halogens is 2. The fourth-order valence-corrected chi connectivity index (χ4v) is 6.64. The predicted molar refractivity (Wildman–Crippen MR) is 156 cm³/mol. The SMILES string of the molecule is C[N+](C)(CCNc1ccnc(N2CCc3cc(N(CC(=O)O)S(=O)(=O)c4cc(Cl)cc(Cl)c4)ccc32)n1)CC(=O)O. The monoisotopic (exact) mass is 623 g/mol. The van der Waals surface area contributed by atoms with Crippen LogP contribution in [0.5, 0.6) is 0 Å². The van der Waals surface area contributed by atoms with Gasteiger partial charge in [-0.05, 0) is 54.4 Å². The van der Waals surface area contributed by atoms with Gasteiger partial charge in [0.15, 0.2) is 6.54 Å². The molecule has 0 fully saturated rings. The van der Waals surface area contributed by atoms with E-state index in [0.29, 0.717) is 42.3 Å². The molecule has 0 atom stereocenters. The second-order valence-electron chi connectivity index (χ2n) is 10.1. The number of carboxylic acid groups (broad SMARTS) is 2. The second kappa shape index (κ2) is 12.1. The Morgan fingerprint density at radius 1 is 1.07 bits per heavy atom. The summed E-state index contributed by atoms with van der Waals surface area (Å²) in [4.78, 5) is 33.4. The molecule has 15 heteroatoms. The Labute approximate surface area is 247 Å². The van der Waals surface area contributed by atoms with Crippen LogP contribution in [0.1, 0.15) is 5.56 Å². The molecule has 0 unspecified atom stereocenters. The Morgan fingerprint density at radius 3 is 2.44 bits per heavy atom. The number of aromatic nitrogens is 2. The number of hydrogen-bond acceptors (Lipinski definition) is 8. The van der Waals surface area contributed by atoms with E-state index in [1.807, 2.05) is 19.0 Å². The van der Waals surface area contributed by atoms with Crippen LogP contribution in [-0.4, -0.2) is 91.8 Å². The summed E-state index contributed by atoms with van der Waals surface area (Å²) in [5.41, 5.74) is 1.75. The number of nitrogens with zero attached hydrogens (tertiary/aromatic N) is 5. The summed E-state index contributed by atoms with van der Waals surface area (Å²) in [6, 6.07) is 10.4. The van der Waals surface area contributed by atoms with Gasteiger partial charge in [-0.25, -0.2) is 18.2 Å². The van der Waals surface area contributed by atoms with Gasteiger partial charge in [0, 0.05) is 28.5 Å². The highest BCUT2D eigenvalue weighted by molar-refractivity contribution is 7.92. The molecule has 1 aromatic heterocycles. The lowest BCUT2D eigenvalue weighted by molar-refractivity contribution is -0.881. The van der Waals surface area contributed by atoms with Gasteiger partial charge >= 0.3 is 11.9 Å². The van der Waals surface area contributed by atoms with Crippen molar-refractivity contribution >= 4 is 68.3 Å². The molecule has 2 aromatic carbocycles. The topological polar surface area (TPSA) is 153 Å². The van der Waals surface area contributed by atoms with Gasteiger partial charge in [-0.15, -0.1) is 0 Å². The number of hydrogen-bond donors (Lipinski definition) is 3. The highest BCUT2D eigenvalue weighted by atomic mass is 35.5. The second-order valence-corrected chi connectivity index (χ2v) is 12.8. The van der Waals surface area contributed by atoms with Gasteiger partial charge in [0.25, 0.3) is 10.0 Å². The number of likely N-dealkylation sites (N-methyl/N-ethyl adjacent to an activating group) is 1. The molecular weight excluding hydrogens is 595 g/mol. The average molecular weight is 625 g/mol. The minimum absolute atomic E-state index is 0.00128. The van der Waals surface area contributed by atoms with E-state index < -0.39 is 28.5 Å². The van der Waals surface area contributed by atoms with Gasteiger partial charge in [-0.3, -0.25) is 9.10 Å². The van der Waals surface area contributed by atoms with Gasteiger partial charge < -0.3 is 24.9 Å². The molecule has 0 spiro atoms. The molecule has 2 heterocycles. The Morgan fingerprint density at radius 2 is 1.78 bits per heavy atom. The first-order chi connectivity index (χ1) is 19.2. The maximum atomic E-state index is 13.5. The van der Waals surface area contributed by atoms with Crippen molar-refractivity contribution in [2.45, 2.75) is 11.3 Å². The smallest absolute Gasteiger partial charge is 0.359 e. The summed E-state index contributed by atoms with van der Waals surface area (Å²) in [7, 11) is -0.632. The number of sulfonamides is 1. The van der Waals surface area contributed by atoms with Crippen molar-refractivity contribution in [3.05, 3.63) is 64.3 Å². The van der Waals surface area contributed by atoms with Crippen molar-refractivity contribution in [3.8, 4) is 0 Å². The predicted octanol–water partition coefficient (Wildman–Crippen LogP) is 3.33. The first-order valence-corrected chi connectivity index (χ1v) is 14.7. The molecule has 12 nitrogen and oxygen atoms in total. The van der Waals surface area contributed by atoms with Crippen LogP contribution >= 0.6 is 23.2 Å². The van der Waals surface area contributed by atoms with Crippen LogP contribution in [0.25, 0.3) is 0 Å². The highest BCUT2D eigenvalue weighted by Crippen LogP contribution is 2.37. The van der Waals surface area contributed by atoms with Crippen molar-refractivity contribution in [2.24, 2.45) is 0 Å². The molecule has 3 aromatic rings. The van der Waals surface area contributed by atoms with Gasteiger partial charge in [0.2, 0.25) is 5.95 Å². The molecular formula is C26H29Cl2N6O6S+. The molecule has 1 aliphatic rings. The van der Waals surface area contributed by atoms with Crippen LogP contribution in [0.15, 0.2) is 53.6 Å². The number of fused-ring (bicyclic) bond motifs is 1. The average Bonchev–Trinajstić information content (AvgIpc) is 3.29. The first-order valence-electron chi connectivity index (χ1n) is 12.5. The van der Waals surface area contributed by atoms with Crippen LogP contribution in [-0.2, 0) is 26.0 Å². The molecule has 1 aliphatic heterocycles. The summed E-state index contributed by atoms with van der Waals surface area (Å²) in [5, 5.41) is 22.0. The Kier molecular flexibility index (Phi) is 8.92. The molecule has 0 aliphatic carbocycles. The third-order valence-corrected chi connectivity index (χ3v) is 8.61. The van der Waals surface area contributed by atoms with E-state index in [0.717, 1.165) is 15.6 Å². The number of carboxylic acids is 2. The number of rotatable bonds is 12. The lowest BCUT2D eigenvalue weighted by atomic mass is 10.1. The van der Waals surface area contributed by atoms with E-state index in [-0.39, 0.29) is 27.2 Å². The van der Waals surface area contributed by atoms with E-state index in [2.05, 4.69) is 15.3 Å². The summed E-state index contributed by atoms with van der Waals surface area (Å²) in [6.45, 7) is 0.802. The zero-order valence-electron chi connectivity index (χ0n) is 22.3. The fourth-order valence-electron chi connectivity index (χ4n) is 4.50. The van der Waals surface area contributed by atoms with Crippen LogP contribution in [0, 0.1) is 0 Å². The molecule has 41 heavy (non-hydrogen) atoms. The van der Waals surface area contributed by atoms with E-state index in [1.54, 1.807) is 24.4 Å². The normalized spacial score (nSPS) is 13.1. The minimum atomic E-state index is -4.31. The zero-order chi connectivity index (χ0) is 29.9. The maximum Gasteiger partial charge on any atom is 0.359 e.